The summed E-state index contributed by atoms with van der Waals surface area (Å²) in [6.07, 6.45) is 3.69. The highest BCUT2D eigenvalue weighted by Gasteiger charge is 2.23. The monoisotopic (exact) mass is 457 g/mol. The van der Waals surface area contributed by atoms with E-state index in [1.807, 2.05) is 32.0 Å². The molecule has 1 saturated carbocycles. The largest absolute Gasteiger partial charge is 0.363 e. The van der Waals surface area contributed by atoms with Crippen LogP contribution in [0, 0.1) is 6.92 Å². The lowest BCUT2D eigenvalue weighted by molar-refractivity contribution is 0.0926. The standard InChI is InChI=1S/C20H25Cl2N5O.ClH/c1-12-10-18(27(2)3)26-20(23-12)25-15-7-5-14(6-8-15)24-19(28)13-4-9-16(21)17(22)11-13;/h4,9-11,14-15H,5-8H2,1-3H3,(H,24,28)(H,23,25,26);1H. The normalized spacial score (nSPS) is 18.5. The second-order valence-electron chi connectivity index (χ2n) is 7.38. The van der Waals surface area contributed by atoms with Crippen molar-refractivity contribution in [1.82, 2.24) is 15.3 Å². The van der Waals surface area contributed by atoms with E-state index in [4.69, 9.17) is 23.2 Å². The summed E-state index contributed by atoms with van der Waals surface area (Å²) in [4.78, 5) is 23.5. The number of rotatable bonds is 5. The van der Waals surface area contributed by atoms with E-state index in [0.29, 0.717) is 27.6 Å². The van der Waals surface area contributed by atoms with Gasteiger partial charge in [-0.1, -0.05) is 23.2 Å². The van der Waals surface area contributed by atoms with Crippen molar-refractivity contribution < 1.29 is 4.79 Å². The fourth-order valence-corrected chi connectivity index (χ4v) is 3.61. The molecule has 0 radical (unpaired) electrons. The number of nitrogens with zero attached hydrogens (tertiary/aromatic N) is 3. The minimum atomic E-state index is -0.118. The van der Waals surface area contributed by atoms with Crippen LogP contribution in [0.1, 0.15) is 41.7 Å². The zero-order valence-corrected chi connectivity index (χ0v) is 19.0. The molecule has 0 aliphatic heterocycles. The highest BCUT2D eigenvalue weighted by molar-refractivity contribution is 6.42. The summed E-state index contributed by atoms with van der Waals surface area (Å²) < 4.78 is 0. The van der Waals surface area contributed by atoms with Gasteiger partial charge in [0.2, 0.25) is 5.95 Å². The van der Waals surface area contributed by atoms with Crippen molar-refractivity contribution in [1.29, 1.82) is 0 Å². The fraction of sp³-hybridized carbons (Fsp3) is 0.450. The maximum atomic E-state index is 12.4. The van der Waals surface area contributed by atoms with Gasteiger partial charge in [0.05, 0.1) is 10.0 Å². The number of hydrogen-bond acceptors (Lipinski definition) is 5. The summed E-state index contributed by atoms with van der Waals surface area (Å²) in [5.74, 6) is 1.43. The van der Waals surface area contributed by atoms with Gasteiger partial charge in [-0.15, -0.1) is 12.4 Å². The third-order valence-corrected chi connectivity index (χ3v) is 5.62. The van der Waals surface area contributed by atoms with Crippen molar-refractivity contribution in [3.05, 3.63) is 45.6 Å². The summed E-state index contributed by atoms with van der Waals surface area (Å²) in [6.45, 7) is 1.97. The van der Waals surface area contributed by atoms with Crippen LogP contribution in [0.4, 0.5) is 11.8 Å². The zero-order chi connectivity index (χ0) is 20.3. The molecule has 29 heavy (non-hydrogen) atoms. The molecule has 1 aliphatic carbocycles. The molecule has 3 rings (SSSR count). The minimum absolute atomic E-state index is 0. The van der Waals surface area contributed by atoms with Gasteiger partial charge in [0.15, 0.2) is 0 Å². The molecule has 158 valence electrons. The fourth-order valence-electron chi connectivity index (χ4n) is 3.32. The zero-order valence-electron chi connectivity index (χ0n) is 16.7. The number of halogens is 3. The molecule has 0 unspecified atom stereocenters. The molecule has 0 spiro atoms. The Balaban J connectivity index is 0.00000300. The van der Waals surface area contributed by atoms with Crippen LogP contribution in [0.2, 0.25) is 10.0 Å². The summed E-state index contributed by atoms with van der Waals surface area (Å²) in [5, 5.41) is 7.37. The van der Waals surface area contributed by atoms with Gasteiger partial charge in [-0.05, 0) is 50.8 Å². The number of anilines is 2. The highest BCUT2D eigenvalue weighted by atomic mass is 35.5. The van der Waals surface area contributed by atoms with E-state index in [-0.39, 0.29) is 24.4 Å². The molecular formula is C20H26Cl3N5O. The Labute approximate surface area is 187 Å². The first kappa shape index (κ1) is 23.5. The Kier molecular flexibility index (Phi) is 8.37. The smallest absolute Gasteiger partial charge is 0.251 e. The summed E-state index contributed by atoms with van der Waals surface area (Å²) >= 11 is 11.9. The van der Waals surface area contributed by atoms with Crippen LogP contribution in [-0.4, -0.2) is 42.1 Å². The molecule has 0 bridgehead atoms. The molecule has 1 heterocycles. The summed E-state index contributed by atoms with van der Waals surface area (Å²) in [5.41, 5.74) is 1.46. The maximum absolute atomic E-state index is 12.4. The number of benzene rings is 1. The molecule has 6 nitrogen and oxygen atoms in total. The van der Waals surface area contributed by atoms with Crippen LogP contribution in [0.3, 0.4) is 0 Å². The Morgan fingerprint density at radius 2 is 1.69 bits per heavy atom. The Hall–Kier alpha value is -1.76. The topological polar surface area (TPSA) is 70.2 Å². The number of hydrogen-bond donors (Lipinski definition) is 2. The first-order chi connectivity index (χ1) is 13.3. The van der Waals surface area contributed by atoms with E-state index in [9.17, 15) is 4.79 Å². The van der Waals surface area contributed by atoms with E-state index in [1.165, 1.54) is 0 Å². The maximum Gasteiger partial charge on any atom is 0.251 e. The first-order valence-electron chi connectivity index (χ1n) is 9.37. The van der Waals surface area contributed by atoms with E-state index in [0.717, 1.165) is 37.2 Å². The van der Waals surface area contributed by atoms with Crippen molar-refractivity contribution in [2.45, 2.75) is 44.7 Å². The minimum Gasteiger partial charge on any atom is -0.363 e. The predicted molar refractivity (Wildman–Crippen MR) is 122 cm³/mol. The van der Waals surface area contributed by atoms with Crippen LogP contribution in [0.25, 0.3) is 0 Å². The van der Waals surface area contributed by atoms with Gasteiger partial charge in [0.1, 0.15) is 5.82 Å². The second-order valence-corrected chi connectivity index (χ2v) is 8.20. The van der Waals surface area contributed by atoms with Gasteiger partial charge in [-0.25, -0.2) is 4.98 Å². The molecule has 1 fully saturated rings. The second kappa shape index (κ2) is 10.3. The molecule has 1 aromatic heterocycles. The van der Waals surface area contributed by atoms with Crippen molar-refractivity contribution in [3.8, 4) is 0 Å². The quantitative estimate of drug-likeness (QED) is 0.677. The van der Waals surface area contributed by atoms with E-state index in [1.54, 1.807) is 18.2 Å². The number of aryl methyl sites for hydroxylation is 1. The number of nitrogens with one attached hydrogen (secondary N) is 2. The van der Waals surface area contributed by atoms with Crippen LogP contribution in [0.5, 0.6) is 0 Å². The molecule has 2 N–H and O–H groups in total. The lowest BCUT2D eigenvalue weighted by Crippen LogP contribution is -2.40. The van der Waals surface area contributed by atoms with Crippen LogP contribution in [0.15, 0.2) is 24.3 Å². The van der Waals surface area contributed by atoms with Gasteiger partial charge in [-0.3, -0.25) is 4.79 Å². The number of aromatic nitrogens is 2. The third kappa shape index (κ3) is 6.36. The van der Waals surface area contributed by atoms with Gasteiger partial charge in [-0.2, -0.15) is 4.98 Å². The first-order valence-corrected chi connectivity index (χ1v) is 10.1. The van der Waals surface area contributed by atoms with Gasteiger partial charge in [0.25, 0.3) is 5.91 Å². The van der Waals surface area contributed by atoms with E-state index >= 15 is 0 Å². The van der Waals surface area contributed by atoms with Crippen molar-refractivity contribution in [2.24, 2.45) is 0 Å². The number of carbonyl (C=O) groups excluding carboxylic acids is 1. The summed E-state index contributed by atoms with van der Waals surface area (Å²) in [7, 11) is 3.93. The molecule has 1 amide bonds. The Bertz CT molecular complexity index is 854. The molecule has 9 heteroatoms. The van der Waals surface area contributed by atoms with Crippen LogP contribution < -0.4 is 15.5 Å². The van der Waals surface area contributed by atoms with E-state index in [2.05, 4.69) is 20.6 Å². The van der Waals surface area contributed by atoms with Gasteiger partial charge < -0.3 is 15.5 Å². The lowest BCUT2D eigenvalue weighted by Gasteiger charge is -2.30. The predicted octanol–water partition coefficient (Wildman–Crippen LogP) is 4.73. The molecular weight excluding hydrogens is 433 g/mol. The van der Waals surface area contributed by atoms with E-state index < -0.39 is 0 Å². The summed E-state index contributed by atoms with van der Waals surface area (Å²) in [6, 6.07) is 7.34. The van der Waals surface area contributed by atoms with Crippen molar-refractivity contribution in [2.75, 3.05) is 24.3 Å². The SMILES string of the molecule is Cc1cc(N(C)C)nc(NC2CCC(NC(=O)c3ccc(Cl)c(Cl)c3)CC2)n1.Cl. The molecule has 0 saturated heterocycles. The average Bonchev–Trinajstić information content (AvgIpc) is 2.65. The molecule has 1 aliphatic rings. The van der Waals surface area contributed by atoms with Crippen LogP contribution in [-0.2, 0) is 0 Å². The molecule has 0 atom stereocenters. The Morgan fingerprint density at radius 1 is 1.03 bits per heavy atom. The Morgan fingerprint density at radius 3 is 2.31 bits per heavy atom. The van der Waals surface area contributed by atoms with Crippen LogP contribution >= 0.6 is 35.6 Å². The molecule has 2 aromatic rings. The number of carbonyl (C=O) groups is 1. The van der Waals surface area contributed by atoms with Gasteiger partial charge in [0, 0.05) is 43.5 Å². The van der Waals surface area contributed by atoms with Crippen molar-refractivity contribution in [3.63, 3.8) is 0 Å². The lowest BCUT2D eigenvalue weighted by atomic mass is 9.91. The number of amides is 1. The third-order valence-electron chi connectivity index (χ3n) is 4.88. The van der Waals surface area contributed by atoms with Gasteiger partial charge >= 0.3 is 0 Å². The van der Waals surface area contributed by atoms with Crippen molar-refractivity contribution >= 4 is 53.3 Å². The molecule has 1 aromatic carbocycles. The average molecular weight is 459 g/mol. The highest BCUT2D eigenvalue weighted by Crippen LogP contribution is 2.24.